The number of nitrogens with zero attached hydrogens (tertiary/aromatic N) is 1. The number of carboxylic acid groups (broad SMARTS) is 1. The maximum Gasteiger partial charge on any atom is 0.303 e. The molecule has 1 N–H and O–H groups in total. The Bertz CT molecular complexity index is 793. The van der Waals surface area contributed by atoms with E-state index in [1.165, 1.54) is 4.88 Å². The van der Waals surface area contributed by atoms with Gasteiger partial charge in [-0.15, -0.1) is 11.3 Å². The smallest absolute Gasteiger partial charge is 0.303 e. The lowest BCUT2D eigenvalue weighted by atomic mass is 10.2. The lowest BCUT2D eigenvalue weighted by Gasteiger charge is -2.13. The number of carboxylic acids is 1. The molecule has 2 heterocycles. The maximum absolute atomic E-state index is 10.9. The zero-order chi connectivity index (χ0) is 15.5. The molecule has 3 nitrogen and oxygen atoms in total. The first-order chi connectivity index (χ1) is 10.6. The van der Waals surface area contributed by atoms with Crippen molar-refractivity contribution in [3.05, 3.63) is 64.1 Å². The van der Waals surface area contributed by atoms with E-state index in [1.54, 1.807) is 11.3 Å². The first-order valence-electron chi connectivity index (χ1n) is 6.87. The van der Waals surface area contributed by atoms with Crippen LogP contribution in [0.3, 0.4) is 0 Å². The van der Waals surface area contributed by atoms with Crippen molar-refractivity contribution >= 4 is 33.2 Å². The summed E-state index contributed by atoms with van der Waals surface area (Å²) in [5, 5.41) is 11.0. The van der Waals surface area contributed by atoms with Crippen LogP contribution in [-0.4, -0.2) is 15.6 Å². The van der Waals surface area contributed by atoms with Crippen LogP contribution in [0.15, 0.2) is 58.4 Å². The first kappa shape index (κ1) is 15.1. The van der Waals surface area contributed by atoms with Crippen molar-refractivity contribution in [2.45, 2.75) is 12.8 Å². The summed E-state index contributed by atoms with van der Waals surface area (Å²) in [4.78, 5) is 12.1. The lowest BCUT2D eigenvalue weighted by molar-refractivity contribution is -0.136. The molecule has 3 rings (SSSR count). The normalized spacial score (nSPS) is 10.8. The standard InChI is InChI=1S/C17H14BrNO2S/c18-12-3-1-4-14(11-12)19-13(7-9-17(20)21)6-8-15(19)16-5-2-10-22-16/h1-6,8,10-11H,7,9H2,(H,20,21). The van der Waals surface area contributed by atoms with Crippen LogP contribution in [0.5, 0.6) is 0 Å². The zero-order valence-corrected chi connectivity index (χ0v) is 14.1. The molecule has 22 heavy (non-hydrogen) atoms. The first-order valence-corrected chi connectivity index (χ1v) is 8.54. The molecule has 0 unspecified atom stereocenters. The monoisotopic (exact) mass is 375 g/mol. The van der Waals surface area contributed by atoms with Crippen molar-refractivity contribution in [3.63, 3.8) is 0 Å². The summed E-state index contributed by atoms with van der Waals surface area (Å²) < 4.78 is 3.14. The summed E-state index contributed by atoms with van der Waals surface area (Å²) in [5.74, 6) is -0.778. The predicted octanol–water partition coefficient (Wildman–Crippen LogP) is 4.99. The van der Waals surface area contributed by atoms with Gasteiger partial charge in [-0.05, 0) is 48.2 Å². The van der Waals surface area contributed by atoms with Gasteiger partial charge >= 0.3 is 5.97 Å². The Morgan fingerprint density at radius 2 is 2.05 bits per heavy atom. The molecule has 0 fully saturated rings. The molecule has 5 heteroatoms. The van der Waals surface area contributed by atoms with Crippen LogP contribution >= 0.6 is 27.3 Å². The van der Waals surface area contributed by atoms with Gasteiger partial charge in [0.15, 0.2) is 0 Å². The van der Waals surface area contributed by atoms with E-state index in [1.807, 2.05) is 41.8 Å². The number of aryl methyl sites for hydroxylation is 1. The summed E-state index contributed by atoms with van der Waals surface area (Å²) in [5.41, 5.74) is 3.13. The molecule has 2 aromatic heterocycles. The fourth-order valence-corrected chi connectivity index (χ4v) is 3.57. The Morgan fingerprint density at radius 1 is 1.18 bits per heavy atom. The van der Waals surface area contributed by atoms with E-state index in [9.17, 15) is 4.79 Å². The number of rotatable bonds is 5. The second-order valence-corrected chi connectivity index (χ2v) is 6.76. The number of benzene rings is 1. The molecule has 0 bridgehead atoms. The van der Waals surface area contributed by atoms with Gasteiger partial charge in [-0.25, -0.2) is 0 Å². The summed E-state index contributed by atoms with van der Waals surface area (Å²) >= 11 is 5.18. The van der Waals surface area contributed by atoms with Gasteiger partial charge in [0.05, 0.1) is 17.0 Å². The quantitative estimate of drug-likeness (QED) is 0.682. The van der Waals surface area contributed by atoms with E-state index >= 15 is 0 Å². The molecular weight excluding hydrogens is 362 g/mol. The van der Waals surface area contributed by atoms with Crippen molar-refractivity contribution in [1.82, 2.24) is 4.57 Å². The highest BCUT2D eigenvalue weighted by atomic mass is 79.9. The molecule has 0 aliphatic heterocycles. The van der Waals surface area contributed by atoms with E-state index in [0.29, 0.717) is 6.42 Å². The maximum atomic E-state index is 10.9. The molecule has 1 aromatic carbocycles. The average molecular weight is 376 g/mol. The minimum absolute atomic E-state index is 0.127. The van der Waals surface area contributed by atoms with Crippen molar-refractivity contribution in [1.29, 1.82) is 0 Å². The van der Waals surface area contributed by atoms with E-state index in [4.69, 9.17) is 5.11 Å². The molecular formula is C17H14BrNO2S. The van der Waals surface area contributed by atoms with Gasteiger partial charge in [-0.1, -0.05) is 28.1 Å². The molecule has 0 saturated heterocycles. The molecule has 0 aliphatic carbocycles. The summed E-state index contributed by atoms with van der Waals surface area (Å²) in [7, 11) is 0. The van der Waals surface area contributed by atoms with Crippen LogP contribution in [-0.2, 0) is 11.2 Å². The summed E-state index contributed by atoms with van der Waals surface area (Å²) in [6.07, 6.45) is 0.634. The van der Waals surface area contributed by atoms with E-state index in [0.717, 1.165) is 21.5 Å². The molecule has 0 aliphatic rings. The Hall–Kier alpha value is -1.85. The number of aliphatic carboxylic acids is 1. The van der Waals surface area contributed by atoms with Crippen LogP contribution in [0.1, 0.15) is 12.1 Å². The largest absolute Gasteiger partial charge is 0.481 e. The number of halogens is 1. The Labute approximate surface area is 141 Å². The predicted molar refractivity (Wildman–Crippen MR) is 92.7 cm³/mol. The van der Waals surface area contributed by atoms with Crippen LogP contribution in [0, 0.1) is 0 Å². The van der Waals surface area contributed by atoms with Gasteiger partial charge in [0, 0.05) is 15.9 Å². The second kappa shape index (κ2) is 6.50. The van der Waals surface area contributed by atoms with Crippen LogP contribution in [0.25, 0.3) is 16.3 Å². The van der Waals surface area contributed by atoms with Gasteiger partial charge in [0.25, 0.3) is 0 Å². The minimum atomic E-state index is -0.778. The number of hydrogen-bond donors (Lipinski definition) is 1. The van der Waals surface area contributed by atoms with Gasteiger partial charge in [0.1, 0.15) is 0 Å². The van der Waals surface area contributed by atoms with Crippen molar-refractivity contribution in [2.75, 3.05) is 0 Å². The van der Waals surface area contributed by atoms with Crippen molar-refractivity contribution in [3.8, 4) is 16.3 Å². The van der Waals surface area contributed by atoms with Gasteiger partial charge in [-0.3, -0.25) is 4.79 Å². The third kappa shape index (κ3) is 3.15. The third-order valence-corrected chi connectivity index (χ3v) is 4.78. The number of aromatic nitrogens is 1. The average Bonchev–Trinajstić information content (AvgIpc) is 3.14. The van der Waals surface area contributed by atoms with Gasteiger partial charge in [-0.2, -0.15) is 0 Å². The van der Waals surface area contributed by atoms with Crippen LogP contribution in [0.2, 0.25) is 0 Å². The fourth-order valence-electron chi connectivity index (χ4n) is 2.45. The molecule has 0 radical (unpaired) electrons. The lowest BCUT2D eigenvalue weighted by Crippen LogP contribution is -2.05. The number of carbonyl (C=O) groups is 1. The highest BCUT2D eigenvalue weighted by Gasteiger charge is 2.13. The highest BCUT2D eigenvalue weighted by molar-refractivity contribution is 9.10. The van der Waals surface area contributed by atoms with Gasteiger partial charge in [0.2, 0.25) is 0 Å². The van der Waals surface area contributed by atoms with Crippen molar-refractivity contribution < 1.29 is 9.90 Å². The van der Waals surface area contributed by atoms with Crippen LogP contribution < -0.4 is 0 Å². The number of hydrogen-bond acceptors (Lipinski definition) is 2. The zero-order valence-electron chi connectivity index (χ0n) is 11.7. The Balaban J connectivity index is 2.10. The summed E-state index contributed by atoms with van der Waals surface area (Å²) in [6.45, 7) is 0. The van der Waals surface area contributed by atoms with E-state index in [-0.39, 0.29) is 6.42 Å². The molecule has 0 atom stereocenters. The van der Waals surface area contributed by atoms with E-state index < -0.39 is 5.97 Å². The molecule has 0 spiro atoms. The topological polar surface area (TPSA) is 42.2 Å². The fraction of sp³-hybridized carbons (Fsp3) is 0.118. The molecule has 0 amide bonds. The molecule has 112 valence electrons. The summed E-state index contributed by atoms with van der Waals surface area (Å²) in [6, 6.07) is 16.2. The molecule has 3 aromatic rings. The minimum Gasteiger partial charge on any atom is -0.481 e. The highest BCUT2D eigenvalue weighted by Crippen LogP contribution is 2.31. The Morgan fingerprint density at radius 3 is 2.73 bits per heavy atom. The van der Waals surface area contributed by atoms with Crippen LogP contribution in [0.4, 0.5) is 0 Å². The second-order valence-electron chi connectivity index (χ2n) is 4.90. The van der Waals surface area contributed by atoms with E-state index in [2.05, 4.69) is 32.6 Å². The third-order valence-electron chi connectivity index (χ3n) is 3.40. The SMILES string of the molecule is O=C(O)CCc1ccc(-c2cccs2)n1-c1cccc(Br)c1. The Kier molecular flexibility index (Phi) is 4.45. The number of thiophene rings is 1. The van der Waals surface area contributed by atoms with Gasteiger partial charge < -0.3 is 9.67 Å². The molecule has 0 saturated carbocycles. The van der Waals surface area contributed by atoms with Crippen molar-refractivity contribution in [2.24, 2.45) is 0 Å².